The van der Waals surface area contributed by atoms with Crippen LogP contribution in [-0.2, 0) is 14.8 Å². The Labute approximate surface area is 119 Å². The van der Waals surface area contributed by atoms with Crippen molar-refractivity contribution < 1.29 is 17.9 Å². The summed E-state index contributed by atoms with van der Waals surface area (Å²) in [5.74, 6) is -0.534. The van der Waals surface area contributed by atoms with Gasteiger partial charge in [-0.3, -0.25) is 0 Å². The topological polar surface area (TPSA) is 63.7 Å². The molecule has 1 atom stereocenters. The van der Waals surface area contributed by atoms with Crippen LogP contribution in [-0.4, -0.2) is 38.4 Å². The molecule has 0 spiro atoms. The van der Waals surface area contributed by atoms with E-state index in [2.05, 4.69) is 4.74 Å². The molecule has 1 saturated heterocycles. The normalized spacial score (nSPS) is 20.6. The summed E-state index contributed by atoms with van der Waals surface area (Å²) < 4.78 is 31.4. The van der Waals surface area contributed by atoms with E-state index < -0.39 is 16.0 Å². The first kappa shape index (κ1) is 15.0. The Balaban J connectivity index is 2.36. The fraction of sp³-hybridized carbons (Fsp3) is 0.500. The molecule has 1 aromatic rings. The maximum absolute atomic E-state index is 12.6. The summed E-state index contributed by atoms with van der Waals surface area (Å²) in [5, 5.41) is 0. The number of methoxy groups -OCH3 is 1. The Morgan fingerprint density at radius 2 is 2.10 bits per heavy atom. The SMILES string of the molecule is COC(=O)c1cccc(S(=O)(=O)N2CCCCC2C)c1. The average Bonchev–Trinajstić information content (AvgIpc) is 2.47. The van der Waals surface area contributed by atoms with Gasteiger partial charge in [0.05, 0.1) is 17.6 Å². The maximum Gasteiger partial charge on any atom is 0.337 e. The first-order chi connectivity index (χ1) is 9.46. The minimum absolute atomic E-state index is 0.00414. The van der Waals surface area contributed by atoms with E-state index in [1.165, 1.54) is 23.5 Å². The molecule has 1 aliphatic heterocycles. The van der Waals surface area contributed by atoms with E-state index in [1.54, 1.807) is 12.1 Å². The summed E-state index contributed by atoms with van der Waals surface area (Å²) >= 11 is 0. The van der Waals surface area contributed by atoms with E-state index in [0.717, 1.165) is 19.3 Å². The molecule has 110 valence electrons. The summed E-state index contributed by atoms with van der Waals surface area (Å²) in [6.07, 6.45) is 2.80. The number of sulfonamides is 1. The number of rotatable bonds is 3. The number of carbonyl (C=O) groups excluding carboxylic acids is 1. The van der Waals surface area contributed by atoms with E-state index in [-0.39, 0.29) is 16.5 Å². The fourth-order valence-corrected chi connectivity index (χ4v) is 4.21. The number of benzene rings is 1. The van der Waals surface area contributed by atoms with Crippen molar-refractivity contribution in [2.45, 2.75) is 37.1 Å². The molecule has 1 heterocycles. The number of carbonyl (C=O) groups is 1. The Kier molecular flexibility index (Phi) is 4.45. The smallest absolute Gasteiger partial charge is 0.337 e. The Morgan fingerprint density at radius 1 is 1.35 bits per heavy atom. The number of ether oxygens (including phenoxy) is 1. The van der Waals surface area contributed by atoms with Crippen LogP contribution in [0.15, 0.2) is 29.2 Å². The third-order valence-electron chi connectivity index (χ3n) is 3.60. The van der Waals surface area contributed by atoms with E-state index in [1.807, 2.05) is 6.92 Å². The minimum atomic E-state index is -3.55. The highest BCUT2D eigenvalue weighted by molar-refractivity contribution is 7.89. The summed E-state index contributed by atoms with van der Waals surface area (Å²) in [6, 6.07) is 6.00. The Bertz CT molecular complexity index is 597. The number of esters is 1. The quantitative estimate of drug-likeness (QED) is 0.801. The van der Waals surface area contributed by atoms with E-state index in [9.17, 15) is 13.2 Å². The average molecular weight is 297 g/mol. The third-order valence-corrected chi connectivity index (χ3v) is 5.61. The molecule has 0 aliphatic carbocycles. The molecular weight excluding hydrogens is 278 g/mol. The van der Waals surface area contributed by atoms with Crippen molar-refractivity contribution in [3.8, 4) is 0 Å². The van der Waals surface area contributed by atoms with Crippen LogP contribution < -0.4 is 0 Å². The van der Waals surface area contributed by atoms with Crippen LogP contribution in [0, 0.1) is 0 Å². The van der Waals surface area contributed by atoms with Crippen LogP contribution in [0.1, 0.15) is 36.5 Å². The number of nitrogens with zero attached hydrogens (tertiary/aromatic N) is 1. The van der Waals surface area contributed by atoms with Crippen LogP contribution >= 0.6 is 0 Å². The number of hydrogen-bond donors (Lipinski definition) is 0. The molecule has 0 N–H and O–H groups in total. The van der Waals surface area contributed by atoms with E-state index in [0.29, 0.717) is 6.54 Å². The van der Waals surface area contributed by atoms with Gasteiger partial charge < -0.3 is 4.74 Å². The highest BCUT2D eigenvalue weighted by Gasteiger charge is 2.31. The highest BCUT2D eigenvalue weighted by Crippen LogP contribution is 2.25. The van der Waals surface area contributed by atoms with E-state index >= 15 is 0 Å². The molecule has 1 unspecified atom stereocenters. The molecule has 20 heavy (non-hydrogen) atoms. The summed E-state index contributed by atoms with van der Waals surface area (Å²) in [5.41, 5.74) is 0.248. The lowest BCUT2D eigenvalue weighted by molar-refractivity contribution is 0.0600. The first-order valence-corrected chi connectivity index (χ1v) is 8.11. The van der Waals surface area contributed by atoms with Crippen LogP contribution in [0.5, 0.6) is 0 Å². The second-order valence-electron chi connectivity index (χ2n) is 4.98. The van der Waals surface area contributed by atoms with Gasteiger partial charge in [0, 0.05) is 12.6 Å². The van der Waals surface area contributed by atoms with Crippen LogP contribution in [0.4, 0.5) is 0 Å². The summed E-state index contributed by atoms with van der Waals surface area (Å²) in [7, 11) is -2.28. The van der Waals surface area contributed by atoms with Crippen molar-refractivity contribution in [3.63, 3.8) is 0 Å². The fourth-order valence-electron chi connectivity index (χ4n) is 2.47. The molecular formula is C14H19NO4S. The molecule has 1 fully saturated rings. The zero-order valence-corrected chi connectivity index (χ0v) is 12.5. The van der Waals surface area contributed by atoms with Crippen molar-refractivity contribution in [2.75, 3.05) is 13.7 Å². The molecule has 1 aromatic carbocycles. The molecule has 0 aromatic heterocycles. The molecule has 1 aliphatic rings. The van der Waals surface area contributed by atoms with Gasteiger partial charge in [0.2, 0.25) is 10.0 Å². The van der Waals surface area contributed by atoms with Gasteiger partial charge >= 0.3 is 5.97 Å². The number of piperidine rings is 1. The lowest BCUT2D eigenvalue weighted by atomic mass is 10.1. The molecule has 0 radical (unpaired) electrons. The predicted molar refractivity (Wildman–Crippen MR) is 75.0 cm³/mol. The largest absolute Gasteiger partial charge is 0.465 e. The first-order valence-electron chi connectivity index (χ1n) is 6.67. The predicted octanol–water partition coefficient (Wildman–Crippen LogP) is 2.04. The van der Waals surface area contributed by atoms with Gasteiger partial charge in [0.15, 0.2) is 0 Å². The minimum Gasteiger partial charge on any atom is -0.465 e. The molecule has 6 heteroatoms. The molecule has 0 amide bonds. The monoisotopic (exact) mass is 297 g/mol. The standard InChI is InChI=1S/C14H19NO4S/c1-11-6-3-4-9-15(11)20(17,18)13-8-5-7-12(10-13)14(16)19-2/h5,7-8,10-11H,3-4,6,9H2,1-2H3. The third kappa shape index (κ3) is 2.86. The summed E-state index contributed by atoms with van der Waals surface area (Å²) in [6.45, 7) is 2.45. The lowest BCUT2D eigenvalue weighted by Crippen LogP contribution is -2.41. The van der Waals surface area contributed by atoms with Crippen molar-refractivity contribution >= 4 is 16.0 Å². The molecule has 0 bridgehead atoms. The summed E-state index contributed by atoms with van der Waals surface area (Å²) in [4.78, 5) is 11.6. The second kappa shape index (κ2) is 5.93. The zero-order chi connectivity index (χ0) is 14.8. The van der Waals surface area contributed by atoms with Crippen molar-refractivity contribution in [2.24, 2.45) is 0 Å². The van der Waals surface area contributed by atoms with Crippen LogP contribution in [0.2, 0.25) is 0 Å². The van der Waals surface area contributed by atoms with Crippen LogP contribution in [0.25, 0.3) is 0 Å². The Morgan fingerprint density at radius 3 is 2.75 bits per heavy atom. The van der Waals surface area contributed by atoms with Gasteiger partial charge in [-0.05, 0) is 38.0 Å². The van der Waals surface area contributed by atoms with Crippen molar-refractivity contribution in [1.82, 2.24) is 4.31 Å². The van der Waals surface area contributed by atoms with Crippen molar-refractivity contribution in [3.05, 3.63) is 29.8 Å². The molecule has 0 saturated carbocycles. The van der Waals surface area contributed by atoms with Gasteiger partial charge in [-0.15, -0.1) is 0 Å². The van der Waals surface area contributed by atoms with Gasteiger partial charge in [0.1, 0.15) is 0 Å². The van der Waals surface area contributed by atoms with Crippen LogP contribution in [0.3, 0.4) is 0 Å². The lowest BCUT2D eigenvalue weighted by Gasteiger charge is -2.32. The van der Waals surface area contributed by atoms with Crippen molar-refractivity contribution in [1.29, 1.82) is 0 Å². The van der Waals surface area contributed by atoms with Gasteiger partial charge in [-0.1, -0.05) is 12.5 Å². The van der Waals surface area contributed by atoms with Gasteiger partial charge in [0.25, 0.3) is 0 Å². The number of hydrogen-bond acceptors (Lipinski definition) is 4. The van der Waals surface area contributed by atoms with Gasteiger partial charge in [-0.2, -0.15) is 4.31 Å². The molecule has 5 nitrogen and oxygen atoms in total. The highest BCUT2D eigenvalue weighted by atomic mass is 32.2. The Hall–Kier alpha value is -1.40. The molecule has 2 rings (SSSR count). The zero-order valence-electron chi connectivity index (χ0n) is 11.7. The van der Waals surface area contributed by atoms with E-state index in [4.69, 9.17) is 0 Å². The second-order valence-corrected chi connectivity index (χ2v) is 6.87. The maximum atomic E-state index is 12.6. The van der Waals surface area contributed by atoms with Gasteiger partial charge in [-0.25, -0.2) is 13.2 Å².